The van der Waals surface area contributed by atoms with E-state index in [9.17, 15) is 0 Å². The molecule has 1 unspecified atom stereocenters. The van der Waals surface area contributed by atoms with Gasteiger partial charge in [-0.1, -0.05) is 11.6 Å². The maximum atomic E-state index is 5.99. The molecule has 1 atom stereocenters. The first-order valence-corrected chi connectivity index (χ1v) is 6.45. The molecule has 0 aliphatic carbocycles. The summed E-state index contributed by atoms with van der Waals surface area (Å²) < 4.78 is 11.5. The normalized spacial score (nSPS) is 22.8. The molecule has 1 saturated heterocycles. The van der Waals surface area contributed by atoms with Crippen LogP contribution in [0.4, 0.5) is 0 Å². The average molecular weight is 249 g/mol. The third kappa shape index (κ3) is 2.68. The molecule has 0 aromatic heterocycles. The Hall–Kier alpha value is -1.06. The lowest BCUT2D eigenvalue weighted by atomic mass is 9.97. The lowest BCUT2D eigenvalue weighted by Gasteiger charge is -2.36. The summed E-state index contributed by atoms with van der Waals surface area (Å²) in [6, 6.07) is 4.30. The highest BCUT2D eigenvalue weighted by molar-refractivity contribution is 5.45. The second-order valence-electron chi connectivity index (χ2n) is 5.77. The number of methoxy groups -OCH3 is 1. The van der Waals surface area contributed by atoms with E-state index in [0.717, 1.165) is 17.9 Å². The first kappa shape index (κ1) is 13.4. The molecular weight excluding hydrogens is 226 g/mol. The molecule has 1 fully saturated rings. The van der Waals surface area contributed by atoms with Crippen LogP contribution in [0.2, 0.25) is 0 Å². The molecule has 0 bridgehead atoms. The Morgan fingerprint density at radius 1 is 1.33 bits per heavy atom. The fourth-order valence-electron chi connectivity index (χ4n) is 2.49. The minimum atomic E-state index is 0.0581. The molecule has 0 spiro atoms. The van der Waals surface area contributed by atoms with Gasteiger partial charge >= 0.3 is 0 Å². The maximum absolute atomic E-state index is 5.99. The van der Waals surface area contributed by atoms with Gasteiger partial charge in [-0.3, -0.25) is 0 Å². The minimum absolute atomic E-state index is 0.0581. The summed E-state index contributed by atoms with van der Waals surface area (Å²) in [6.07, 6.45) is 0.0755. The van der Waals surface area contributed by atoms with E-state index in [1.54, 1.807) is 7.11 Å². The van der Waals surface area contributed by atoms with Crippen molar-refractivity contribution in [1.82, 2.24) is 5.32 Å². The molecule has 3 heteroatoms. The van der Waals surface area contributed by atoms with Gasteiger partial charge in [0, 0.05) is 17.6 Å². The number of hydrogen-bond acceptors (Lipinski definition) is 3. The van der Waals surface area contributed by atoms with E-state index >= 15 is 0 Å². The van der Waals surface area contributed by atoms with Crippen molar-refractivity contribution in [3.63, 3.8) is 0 Å². The second kappa shape index (κ2) is 4.90. The molecule has 100 valence electrons. The Balaban J connectivity index is 2.28. The van der Waals surface area contributed by atoms with Gasteiger partial charge in [0.25, 0.3) is 0 Å². The lowest BCUT2D eigenvalue weighted by Crippen LogP contribution is -2.50. The van der Waals surface area contributed by atoms with Crippen LogP contribution in [0.25, 0.3) is 0 Å². The van der Waals surface area contributed by atoms with Gasteiger partial charge in [0.05, 0.1) is 19.8 Å². The molecule has 1 aliphatic rings. The van der Waals surface area contributed by atoms with Gasteiger partial charge in [0.2, 0.25) is 0 Å². The van der Waals surface area contributed by atoms with Crippen molar-refractivity contribution in [3.8, 4) is 5.75 Å². The number of ether oxygens (including phenoxy) is 2. The maximum Gasteiger partial charge on any atom is 0.127 e. The standard InChI is InChI=1S/C15H23NO2/c1-10-6-11(2)14(17-5)12(7-10)13-8-16-15(3,4)9-18-13/h6-7,13,16H,8-9H2,1-5H3. The second-order valence-corrected chi connectivity index (χ2v) is 5.77. The van der Waals surface area contributed by atoms with E-state index in [2.05, 4.69) is 45.1 Å². The molecule has 2 rings (SSSR count). The summed E-state index contributed by atoms with van der Waals surface area (Å²) in [4.78, 5) is 0. The van der Waals surface area contributed by atoms with Crippen molar-refractivity contribution in [2.75, 3.05) is 20.3 Å². The number of benzene rings is 1. The molecule has 1 aromatic carbocycles. The predicted octanol–water partition coefficient (Wildman–Crippen LogP) is 2.75. The Bertz CT molecular complexity index is 430. The van der Waals surface area contributed by atoms with Crippen LogP contribution in [-0.4, -0.2) is 25.8 Å². The molecule has 1 aliphatic heterocycles. The first-order chi connectivity index (χ1) is 8.43. The van der Waals surface area contributed by atoms with Crippen molar-refractivity contribution >= 4 is 0 Å². The Morgan fingerprint density at radius 3 is 2.61 bits per heavy atom. The molecule has 18 heavy (non-hydrogen) atoms. The first-order valence-electron chi connectivity index (χ1n) is 6.45. The fourth-order valence-corrected chi connectivity index (χ4v) is 2.49. The van der Waals surface area contributed by atoms with Crippen molar-refractivity contribution in [2.24, 2.45) is 0 Å². The highest BCUT2D eigenvalue weighted by atomic mass is 16.5. The largest absolute Gasteiger partial charge is 0.496 e. The van der Waals surface area contributed by atoms with Gasteiger partial charge < -0.3 is 14.8 Å². The molecule has 1 heterocycles. The van der Waals surface area contributed by atoms with E-state index in [1.807, 2.05) is 0 Å². The van der Waals surface area contributed by atoms with Crippen LogP contribution < -0.4 is 10.1 Å². The Labute approximate surface area is 109 Å². The van der Waals surface area contributed by atoms with E-state index in [1.165, 1.54) is 11.1 Å². The van der Waals surface area contributed by atoms with Crippen LogP contribution in [0.15, 0.2) is 12.1 Å². The highest BCUT2D eigenvalue weighted by Crippen LogP contribution is 2.33. The number of hydrogen-bond donors (Lipinski definition) is 1. The summed E-state index contributed by atoms with van der Waals surface area (Å²) in [5, 5.41) is 3.52. The van der Waals surface area contributed by atoms with Crippen LogP contribution in [0, 0.1) is 13.8 Å². The zero-order chi connectivity index (χ0) is 13.3. The predicted molar refractivity (Wildman–Crippen MR) is 73.2 cm³/mol. The number of morpholine rings is 1. The summed E-state index contributed by atoms with van der Waals surface area (Å²) >= 11 is 0. The van der Waals surface area contributed by atoms with Crippen molar-refractivity contribution in [2.45, 2.75) is 39.3 Å². The zero-order valence-corrected chi connectivity index (χ0v) is 12.0. The summed E-state index contributed by atoms with van der Waals surface area (Å²) in [5.41, 5.74) is 3.62. The number of nitrogens with one attached hydrogen (secondary N) is 1. The van der Waals surface area contributed by atoms with Gasteiger partial charge in [-0.25, -0.2) is 0 Å². The molecule has 1 N–H and O–H groups in total. The minimum Gasteiger partial charge on any atom is -0.496 e. The quantitative estimate of drug-likeness (QED) is 0.874. The molecule has 0 amide bonds. The number of aryl methyl sites for hydroxylation is 2. The van der Waals surface area contributed by atoms with E-state index in [4.69, 9.17) is 9.47 Å². The van der Waals surface area contributed by atoms with Crippen molar-refractivity contribution in [1.29, 1.82) is 0 Å². The van der Waals surface area contributed by atoms with Crippen LogP contribution >= 0.6 is 0 Å². The third-order valence-electron chi connectivity index (χ3n) is 3.41. The SMILES string of the molecule is COc1c(C)cc(C)cc1C1CNC(C)(C)CO1. The van der Waals surface area contributed by atoms with Gasteiger partial charge in [-0.15, -0.1) is 0 Å². The van der Waals surface area contributed by atoms with Gasteiger partial charge in [-0.2, -0.15) is 0 Å². The fraction of sp³-hybridized carbons (Fsp3) is 0.600. The van der Waals surface area contributed by atoms with Gasteiger partial charge in [-0.05, 0) is 39.3 Å². The summed E-state index contributed by atoms with van der Waals surface area (Å²) in [5.74, 6) is 0.951. The lowest BCUT2D eigenvalue weighted by molar-refractivity contribution is -0.0239. The van der Waals surface area contributed by atoms with Crippen molar-refractivity contribution < 1.29 is 9.47 Å². The highest BCUT2D eigenvalue weighted by Gasteiger charge is 2.29. The summed E-state index contributed by atoms with van der Waals surface area (Å²) in [6.45, 7) is 10.0. The smallest absolute Gasteiger partial charge is 0.127 e. The van der Waals surface area contributed by atoms with Crippen LogP contribution in [0.5, 0.6) is 5.75 Å². The third-order valence-corrected chi connectivity index (χ3v) is 3.41. The van der Waals surface area contributed by atoms with Gasteiger partial charge in [0.15, 0.2) is 0 Å². The van der Waals surface area contributed by atoms with Crippen LogP contribution in [0.3, 0.4) is 0 Å². The molecule has 3 nitrogen and oxygen atoms in total. The Morgan fingerprint density at radius 2 is 2.06 bits per heavy atom. The van der Waals surface area contributed by atoms with Crippen LogP contribution in [-0.2, 0) is 4.74 Å². The van der Waals surface area contributed by atoms with Crippen molar-refractivity contribution in [3.05, 3.63) is 28.8 Å². The van der Waals surface area contributed by atoms with E-state index in [0.29, 0.717) is 6.61 Å². The molecule has 1 aromatic rings. The molecule has 0 saturated carbocycles. The monoisotopic (exact) mass is 249 g/mol. The topological polar surface area (TPSA) is 30.5 Å². The van der Waals surface area contributed by atoms with Gasteiger partial charge in [0.1, 0.15) is 5.75 Å². The average Bonchev–Trinajstić information content (AvgIpc) is 2.28. The molecule has 0 radical (unpaired) electrons. The van der Waals surface area contributed by atoms with E-state index < -0.39 is 0 Å². The molecular formula is C15H23NO2. The Kier molecular flexibility index (Phi) is 3.64. The zero-order valence-electron chi connectivity index (χ0n) is 12.0. The van der Waals surface area contributed by atoms with Crippen LogP contribution in [0.1, 0.15) is 36.6 Å². The number of rotatable bonds is 2. The van der Waals surface area contributed by atoms with E-state index in [-0.39, 0.29) is 11.6 Å². The summed E-state index contributed by atoms with van der Waals surface area (Å²) in [7, 11) is 1.72.